The van der Waals surface area contributed by atoms with Crippen molar-refractivity contribution in [2.45, 2.75) is 6.42 Å². The highest BCUT2D eigenvalue weighted by Crippen LogP contribution is 2.20. The first kappa shape index (κ1) is 12.1. The molecule has 0 amide bonds. The van der Waals surface area contributed by atoms with Gasteiger partial charge >= 0.3 is 0 Å². The Labute approximate surface area is 110 Å². The number of rotatable bonds is 1. The number of halogens is 1. The molecule has 1 aromatic rings. The highest BCUT2D eigenvalue weighted by Gasteiger charge is 2.15. The van der Waals surface area contributed by atoms with E-state index in [9.17, 15) is 0 Å². The van der Waals surface area contributed by atoms with Crippen LogP contribution in [0.25, 0.3) is 0 Å². The summed E-state index contributed by atoms with van der Waals surface area (Å²) in [6, 6.07) is 7.18. The van der Waals surface area contributed by atoms with Gasteiger partial charge in [-0.1, -0.05) is 11.6 Å². The summed E-state index contributed by atoms with van der Waals surface area (Å²) in [5.74, 6) is 0. The van der Waals surface area contributed by atoms with Crippen LogP contribution < -0.4 is 10.7 Å². The highest BCUT2D eigenvalue weighted by atomic mass is 35.5. The zero-order valence-corrected chi connectivity index (χ0v) is 10.6. The van der Waals surface area contributed by atoms with E-state index in [1.807, 2.05) is 5.01 Å². The molecule has 1 aromatic carbocycles. The molecule has 0 saturated carbocycles. The number of thiocarbonyl (C=S) groups is 1. The number of hydrazine groups is 1. The predicted molar refractivity (Wildman–Crippen MR) is 71.7 cm³/mol. The Morgan fingerprint density at radius 2 is 2.41 bits per heavy atom. The summed E-state index contributed by atoms with van der Waals surface area (Å²) in [5.41, 5.74) is 4.31. The van der Waals surface area contributed by atoms with Gasteiger partial charge in [-0.15, -0.1) is 0 Å². The number of anilines is 1. The maximum Gasteiger partial charge on any atom is 0.187 e. The van der Waals surface area contributed by atoms with Gasteiger partial charge in [-0.3, -0.25) is 5.01 Å². The van der Waals surface area contributed by atoms with E-state index < -0.39 is 0 Å². The lowest BCUT2D eigenvalue weighted by molar-refractivity contribution is 0.410. The number of hydrogen-bond acceptors (Lipinski definition) is 3. The summed E-state index contributed by atoms with van der Waals surface area (Å²) in [4.78, 5) is 0. The van der Waals surface area contributed by atoms with Gasteiger partial charge in [0, 0.05) is 18.1 Å². The number of nitriles is 1. The predicted octanol–water partition coefficient (Wildman–Crippen LogP) is 2.12. The lowest BCUT2D eigenvalue weighted by Crippen LogP contribution is -2.39. The van der Waals surface area contributed by atoms with Gasteiger partial charge < -0.3 is 5.32 Å². The molecule has 0 aromatic heterocycles. The van der Waals surface area contributed by atoms with Crippen LogP contribution in [0.15, 0.2) is 18.2 Å². The molecule has 1 aliphatic heterocycles. The molecule has 17 heavy (non-hydrogen) atoms. The number of benzene rings is 1. The van der Waals surface area contributed by atoms with Gasteiger partial charge in [-0.25, -0.2) is 5.43 Å². The van der Waals surface area contributed by atoms with Crippen molar-refractivity contribution >= 4 is 34.6 Å². The van der Waals surface area contributed by atoms with Gasteiger partial charge in [0.1, 0.15) is 6.07 Å². The topological polar surface area (TPSA) is 51.1 Å². The highest BCUT2D eigenvalue weighted by molar-refractivity contribution is 7.80. The third-order valence-electron chi connectivity index (χ3n) is 2.45. The van der Waals surface area contributed by atoms with E-state index in [1.54, 1.807) is 18.2 Å². The quantitative estimate of drug-likeness (QED) is 0.763. The van der Waals surface area contributed by atoms with Crippen LogP contribution >= 0.6 is 23.8 Å². The van der Waals surface area contributed by atoms with Crippen molar-refractivity contribution in [3.05, 3.63) is 28.8 Å². The molecule has 4 nitrogen and oxygen atoms in total. The molecule has 1 heterocycles. The van der Waals surface area contributed by atoms with Gasteiger partial charge in [-0.05, 0) is 36.8 Å². The minimum absolute atomic E-state index is 0.485. The normalized spacial score (nSPS) is 14.5. The van der Waals surface area contributed by atoms with Crippen molar-refractivity contribution in [3.63, 3.8) is 0 Å². The van der Waals surface area contributed by atoms with E-state index in [0.29, 0.717) is 21.4 Å². The van der Waals surface area contributed by atoms with Crippen LogP contribution in [0, 0.1) is 11.3 Å². The van der Waals surface area contributed by atoms with E-state index in [2.05, 4.69) is 16.8 Å². The molecule has 1 fully saturated rings. The molecule has 0 spiro atoms. The zero-order chi connectivity index (χ0) is 12.3. The third kappa shape index (κ3) is 2.86. The van der Waals surface area contributed by atoms with Crippen LogP contribution in [0.4, 0.5) is 5.69 Å². The smallest absolute Gasteiger partial charge is 0.187 e. The van der Waals surface area contributed by atoms with Crippen molar-refractivity contribution < 1.29 is 0 Å². The van der Waals surface area contributed by atoms with Crippen molar-refractivity contribution in [2.75, 3.05) is 18.4 Å². The summed E-state index contributed by atoms with van der Waals surface area (Å²) in [6.45, 7) is 1.80. The van der Waals surface area contributed by atoms with Gasteiger partial charge in [0.05, 0.1) is 11.3 Å². The first-order chi connectivity index (χ1) is 8.20. The largest absolute Gasteiger partial charge is 0.330 e. The van der Waals surface area contributed by atoms with Crippen LogP contribution in [0.2, 0.25) is 5.02 Å². The Morgan fingerprint density at radius 3 is 3.06 bits per heavy atom. The second-order valence-electron chi connectivity index (χ2n) is 3.65. The Bertz CT molecular complexity index is 477. The van der Waals surface area contributed by atoms with Crippen LogP contribution in [-0.4, -0.2) is 23.2 Å². The van der Waals surface area contributed by atoms with Crippen molar-refractivity contribution in [1.29, 1.82) is 5.26 Å². The Hall–Kier alpha value is -1.35. The summed E-state index contributed by atoms with van der Waals surface area (Å²) in [6.07, 6.45) is 1.06. The van der Waals surface area contributed by atoms with E-state index in [0.717, 1.165) is 19.5 Å². The fraction of sp³-hybridized carbons (Fsp3) is 0.273. The summed E-state index contributed by atoms with van der Waals surface area (Å²) >= 11 is 11.1. The molecule has 88 valence electrons. The van der Waals surface area contributed by atoms with Crippen LogP contribution in [0.3, 0.4) is 0 Å². The van der Waals surface area contributed by atoms with E-state index >= 15 is 0 Å². The summed E-state index contributed by atoms with van der Waals surface area (Å²) in [7, 11) is 0. The third-order valence-corrected chi connectivity index (χ3v) is 3.01. The number of hydrogen-bond donors (Lipinski definition) is 2. The first-order valence-electron chi connectivity index (χ1n) is 5.22. The molecular formula is C11H11ClN4S. The van der Waals surface area contributed by atoms with Crippen molar-refractivity contribution in [2.24, 2.45) is 0 Å². The van der Waals surface area contributed by atoms with E-state index in [4.69, 9.17) is 29.1 Å². The molecule has 6 heteroatoms. The Balaban J connectivity index is 2.13. The summed E-state index contributed by atoms with van der Waals surface area (Å²) < 4.78 is 0. The van der Waals surface area contributed by atoms with Crippen LogP contribution in [0.1, 0.15) is 12.0 Å². The van der Waals surface area contributed by atoms with Crippen molar-refractivity contribution in [3.8, 4) is 6.07 Å². The molecular weight excluding hydrogens is 256 g/mol. The van der Waals surface area contributed by atoms with Crippen molar-refractivity contribution in [1.82, 2.24) is 10.4 Å². The summed E-state index contributed by atoms with van der Waals surface area (Å²) in [5, 5.41) is 15.0. The molecule has 0 unspecified atom stereocenters. The SMILES string of the molecule is N#Cc1cc(Cl)ccc1NC(=S)N1CCCN1. The number of nitrogens with zero attached hydrogens (tertiary/aromatic N) is 2. The standard InChI is InChI=1S/C11H11ClN4S/c12-9-2-3-10(8(6-9)7-13)15-11(17)16-5-1-4-14-16/h2-3,6,14H,1,4-5H2,(H,15,17). The lowest BCUT2D eigenvalue weighted by Gasteiger charge is -2.20. The maximum absolute atomic E-state index is 9.00. The monoisotopic (exact) mass is 266 g/mol. The molecule has 0 atom stereocenters. The molecule has 0 radical (unpaired) electrons. The second kappa shape index (κ2) is 5.32. The van der Waals surface area contributed by atoms with Gasteiger partial charge in [0.2, 0.25) is 0 Å². The van der Waals surface area contributed by atoms with Gasteiger partial charge in [0.15, 0.2) is 5.11 Å². The molecule has 2 rings (SSSR count). The molecule has 2 N–H and O–H groups in total. The first-order valence-corrected chi connectivity index (χ1v) is 6.01. The van der Waals surface area contributed by atoms with E-state index in [-0.39, 0.29) is 0 Å². The van der Waals surface area contributed by atoms with Crippen LogP contribution in [0.5, 0.6) is 0 Å². The fourth-order valence-corrected chi connectivity index (χ4v) is 2.04. The molecule has 0 aliphatic carbocycles. The van der Waals surface area contributed by atoms with E-state index in [1.165, 1.54) is 0 Å². The second-order valence-corrected chi connectivity index (χ2v) is 4.47. The molecule has 1 saturated heterocycles. The average molecular weight is 267 g/mol. The minimum Gasteiger partial charge on any atom is -0.330 e. The lowest BCUT2D eigenvalue weighted by atomic mass is 10.2. The minimum atomic E-state index is 0.485. The Morgan fingerprint density at radius 1 is 1.59 bits per heavy atom. The number of nitrogens with one attached hydrogen (secondary N) is 2. The maximum atomic E-state index is 9.00. The zero-order valence-electron chi connectivity index (χ0n) is 9.03. The molecule has 1 aliphatic rings. The molecule has 0 bridgehead atoms. The average Bonchev–Trinajstić information content (AvgIpc) is 2.85. The Kier molecular flexibility index (Phi) is 3.79. The van der Waals surface area contributed by atoms with Gasteiger partial charge in [0.25, 0.3) is 0 Å². The van der Waals surface area contributed by atoms with Gasteiger partial charge in [-0.2, -0.15) is 5.26 Å². The fourth-order valence-electron chi connectivity index (χ4n) is 1.60. The van der Waals surface area contributed by atoms with Crippen LogP contribution in [-0.2, 0) is 0 Å².